The predicted octanol–water partition coefficient (Wildman–Crippen LogP) is 1.19. The molecule has 94 valence electrons. The first-order valence-corrected chi connectivity index (χ1v) is 5.46. The monoisotopic (exact) mass is 240 g/mol. The van der Waals surface area contributed by atoms with Crippen LogP contribution in [0.1, 0.15) is 25.5 Å². The number of rotatable bonds is 5. The van der Waals surface area contributed by atoms with Gasteiger partial charge < -0.3 is 15.7 Å². The maximum absolute atomic E-state index is 13.1. The lowest BCUT2D eigenvalue weighted by Crippen LogP contribution is -2.34. The first kappa shape index (κ1) is 13.4. The van der Waals surface area contributed by atoms with Gasteiger partial charge in [0.25, 0.3) is 0 Å². The molecule has 0 saturated carbocycles. The van der Waals surface area contributed by atoms with Crippen molar-refractivity contribution in [2.45, 2.75) is 20.0 Å². The van der Waals surface area contributed by atoms with Crippen molar-refractivity contribution in [3.63, 3.8) is 0 Å². The summed E-state index contributed by atoms with van der Waals surface area (Å²) in [6.07, 6.45) is -0.803. The molecule has 4 nitrogen and oxygen atoms in total. The zero-order chi connectivity index (χ0) is 13.0. The lowest BCUT2D eigenvalue weighted by atomic mass is 10.1. The highest BCUT2D eigenvalue weighted by atomic mass is 19.1. The number of halogens is 1. The normalized spacial score (nSPS) is 12.2. The third-order valence-electron chi connectivity index (χ3n) is 2.51. The highest BCUT2D eigenvalue weighted by Crippen LogP contribution is 2.27. The Hall–Kier alpha value is -1.62. The first-order valence-electron chi connectivity index (χ1n) is 5.46. The van der Waals surface area contributed by atoms with Crippen molar-refractivity contribution in [3.8, 4) is 0 Å². The molecule has 0 aliphatic rings. The molecule has 1 atom stereocenters. The molecule has 0 heterocycles. The van der Waals surface area contributed by atoms with Crippen LogP contribution in [0, 0.1) is 5.82 Å². The Bertz CT molecular complexity index is 407. The Balaban J connectivity index is 3.13. The lowest BCUT2D eigenvalue weighted by molar-refractivity contribution is -0.116. The number of nitrogens with two attached hydrogens (primary N) is 1. The number of nitrogens with zero attached hydrogens (tertiary/aromatic N) is 1. The molecule has 0 fully saturated rings. The molecule has 0 spiro atoms. The molecule has 17 heavy (non-hydrogen) atoms. The number of carbonyl (C=O) groups is 1. The zero-order valence-corrected chi connectivity index (χ0v) is 9.98. The summed E-state index contributed by atoms with van der Waals surface area (Å²) in [7, 11) is 0. The zero-order valence-electron chi connectivity index (χ0n) is 9.98. The smallest absolute Gasteiger partial charge is 0.236 e. The van der Waals surface area contributed by atoms with E-state index in [1.54, 1.807) is 17.9 Å². The Morgan fingerprint density at radius 3 is 2.71 bits per heavy atom. The minimum Gasteiger partial charge on any atom is -0.389 e. The van der Waals surface area contributed by atoms with Crippen molar-refractivity contribution in [3.05, 3.63) is 29.6 Å². The van der Waals surface area contributed by atoms with Gasteiger partial charge in [0.15, 0.2) is 0 Å². The molecule has 0 bridgehead atoms. The van der Waals surface area contributed by atoms with Crippen LogP contribution in [0.25, 0.3) is 0 Å². The van der Waals surface area contributed by atoms with E-state index >= 15 is 0 Å². The van der Waals surface area contributed by atoms with Crippen LogP contribution in [0.5, 0.6) is 0 Å². The maximum atomic E-state index is 13.1. The molecule has 1 aromatic rings. The average molecular weight is 240 g/mol. The lowest BCUT2D eigenvalue weighted by Gasteiger charge is -2.25. The highest BCUT2D eigenvalue weighted by molar-refractivity contribution is 5.80. The third-order valence-corrected chi connectivity index (χ3v) is 2.51. The largest absolute Gasteiger partial charge is 0.389 e. The number of aliphatic hydroxyl groups excluding tert-OH is 1. The minimum absolute atomic E-state index is 0.0435. The highest BCUT2D eigenvalue weighted by Gasteiger charge is 2.15. The van der Waals surface area contributed by atoms with E-state index in [0.717, 1.165) is 0 Å². The summed E-state index contributed by atoms with van der Waals surface area (Å²) in [6, 6.07) is 4.11. The SMILES string of the molecule is CCN(CC(N)=O)c1ccc(F)cc1C(C)O. The van der Waals surface area contributed by atoms with Crippen molar-refractivity contribution in [2.24, 2.45) is 5.73 Å². The van der Waals surface area contributed by atoms with Gasteiger partial charge in [0.2, 0.25) is 5.91 Å². The van der Waals surface area contributed by atoms with Gasteiger partial charge in [-0.3, -0.25) is 4.79 Å². The van der Waals surface area contributed by atoms with Gasteiger partial charge in [-0.2, -0.15) is 0 Å². The van der Waals surface area contributed by atoms with Crippen LogP contribution >= 0.6 is 0 Å². The molecule has 0 aliphatic heterocycles. The topological polar surface area (TPSA) is 66.6 Å². The fourth-order valence-electron chi connectivity index (χ4n) is 1.70. The number of primary amides is 1. The fourth-order valence-corrected chi connectivity index (χ4v) is 1.70. The van der Waals surface area contributed by atoms with Crippen LogP contribution in [0.3, 0.4) is 0 Å². The number of hydrogen-bond acceptors (Lipinski definition) is 3. The molecule has 0 aliphatic carbocycles. The van der Waals surface area contributed by atoms with Gasteiger partial charge >= 0.3 is 0 Å². The van der Waals surface area contributed by atoms with Crippen molar-refractivity contribution in [2.75, 3.05) is 18.0 Å². The number of hydrogen-bond donors (Lipinski definition) is 2. The van der Waals surface area contributed by atoms with Crippen molar-refractivity contribution in [1.29, 1.82) is 0 Å². The Labute approximate surface area is 99.8 Å². The second-order valence-corrected chi connectivity index (χ2v) is 3.86. The first-order chi connectivity index (χ1) is 7.95. The summed E-state index contributed by atoms with van der Waals surface area (Å²) in [5.41, 5.74) is 6.22. The van der Waals surface area contributed by atoms with Crippen LogP contribution in [0.4, 0.5) is 10.1 Å². The molecular weight excluding hydrogens is 223 g/mol. The predicted molar refractivity (Wildman–Crippen MR) is 64.1 cm³/mol. The molecule has 1 amide bonds. The van der Waals surface area contributed by atoms with Crippen molar-refractivity contribution in [1.82, 2.24) is 0 Å². The van der Waals surface area contributed by atoms with Gasteiger partial charge in [-0.1, -0.05) is 0 Å². The van der Waals surface area contributed by atoms with E-state index in [0.29, 0.717) is 17.8 Å². The molecule has 0 aromatic heterocycles. The van der Waals surface area contributed by atoms with E-state index in [1.807, 2.05) is 6.92 Å². The average Bonchev–Trinajstić information content (AvgIpc) is 2.25. The Morgan fingerprint density at radius 2 is 2.24 bits per heavy atom. The molecule has 0 saturated heterocycles. The van der Waals surface area contributed by atoms with Gasteiger partial charge in [-0.15, -0.1) is 0 Å². The van der Waals surface area contributed by atoms with Crippen LogP contribution in [-0.2, 0) is 4.79 Å². The van der Waals surface area contributed by atoms with Crippen molar-refractivity contribution >= 4 is 11.6 Å². The molecule has 3 N–H and O–H groups in total. The van der Waals surface area contributed by atoms with Crippen LogP contribution in [-0.4, -0.2) is 24.1 Å². The standard InChI is InChI=1S/C12H17FN2O2/c1-3-15(7-12(14)17)11-5-4-9(13)6-10(11)8(2)16/h4-6,8,16H,3,7H2,1-2H3,(H2,14,17). The number of carbonyl (C=O) groups excluding carboxylic acids is 1. The van der Waals surface area contributed by atoms with Crippen LogP contribution in [0.2, 0.25) is 0 Å². The summed E-state index contributed by atoms with van der Waals surface area (Å²) in [4.78, 5) is 12.6. The second-order valence-electron chi connectivity index (χ2n) is 3.86. The summed E-state index contributed by atoms with van der Waals surface area (Å²) in [5, 5.41) is 9.60. The number of aliphatic hydroxyl groups is 1. The molecule has 5 heteroatoms. The van der Waals surface area contributed by atoms with Gasteiger partial charge in [0.1, 0.15) is 5.82 Å². The van der Waals surface area contributed by atoms with Crippen LogP contribution in [0.15, 0.2) is 18.2 Å². The number of benzene rings is 1. The van der Waals surface area contributed by atoms with Crippen LogP contribution < -0.4 is 10.6 Å². The van der Waals surface area contributed by atoms with E-state index in [9.17, 15) is 14.3 Å². The molecule has 1 aromatic carbocycles. The van der Waals surface area contributed by atoms with Gasteiger partial charge in [-0.05, 0) is 32.0 Å². The molecule has 0 radical (unpaired) electrons. The summed E-state index contributed by atoms with van der Waals surface area (Å²) in [6.45, 7) is 4.00. The van der Waals surface area contributed by atoms with Gasteiger partial charge in [0, 0.05) is 17.8 Å². The summed E-state index contributed by atoms with van der Waals surface area (Å²) < 4.78 is 13.1. The van der Waals surface area contributed by atoms with E-state index in [1.165, 1.54) is 12.1 Å². The van der Waals surface area contributed by atoms with E-state index in [2.05, 4.69) is 0 Å². The van der Waals surface area contributed by atoms with Gasteiger partial charge in [-0.25, -0.2) is 4.39 Å². The quantitative estimate of drug-likeness (QED) is 0.812. The van der Waals surface area contributed by atoms with E-state index < -0.39 is 17.8 Å². The molecular formula is C12H17FN2O2. The second kappa shape index (κ2) is 5.63. The third kappa shape index (κ3) is 3.42. The number of likely N-dealkylation sites (N-methyl/N-ethyl adjacent to an activating group) is 1. The summed E-state index contributed by atoms with van der Waals surface area (Å²) in [5.74, 6) is -0.882. The Kier molecular flexibility index (Phi) is 4.45. The molecule has 1 rings (SSSR count). The number of amides is 1. The van der Waals surface area contributed by atoms with Crippen molar-refractivity contribution < 1.29 is 14.3 Å². The van der Waals surface area contributed by atoms with E-state index in [4.69, 9.17) is 5.73 Å². The van der Waals surface area contributed by atoms with E-state index in [-0.39, 0.29) is 6.54 Å². The Morgan fingerprint density at radius 1 is 1.59 bits per heavy atom. The fraction of sp³-hybridized carbons (Fsp3) is 0.417. The maximum Gasteiger partial charge on any atom is 0.236 e. The summed E-state index contributed by atoms with van der Waals surface area (Å²) >= 11 is 0. The van der Waals surface area contributed by atoms with Gasteiger partial charge in [0.05, 0.1) is 12.6 Å². The number of anilines is 1. The molecule has 1 unspecified atom stereocenters. The minimum atomic E-state index is -0.803.